The summed E-state index contributed by atoms with van der Waals surface area (Å²) in [5.41, 5.74) is 3.26. The summed E-state index contributed by atoms with van der Waals surface area (Å²) in [5.74, 6) is -0.327. The van der Waals surface area contributed by atoms with Gasteiger partial charge in [0.1, 0.15) is 11.3 Å². The second-order valence-corrected chi connectivity index (χ2v) is 7.06. The molecule has 0 aliphatic rings. The zero-order valence-electron chi connectivity index (χ0n) is 13.1. The van der Waals surface area contributed by atoms with E-state index in [0.717, 1.165) is 5.56 Å². The van der Waals surface area contributed by atoms with Crippen LogP contribution in [0.2, 0.25) is 0 Å². The molecule has 3 N–H and O–H groups in total. The number of amides is 1. The van der Waals surface area contributed by atoms with Crippen LogP contribution in [0, 0.1) is 13.8 Å². The number of nitrogens with one attached hydrogen (secondary N) is 1. The smallest absolute Gasteiger partial charge is 0.274 e. The first-order valence-electron chi connectivity index (χ1n) is 7.15. The van der Waals surface area contributed by atoms with Crippen LogP contribution < -0.4 is 10.5 Å². The topological polar surface area (TPSA) is 107 Å². The molecule has 0 aliphatic carbocycles. The third-order valence-corrected chi connectivity index (χ3v) is 4.54. The second kappa shape index (κ2) is 5.73. The molecule has 0 saturated carbocycles. The molecule has 1 amide bonds. The number of nitrogens with two attached hydrogens (primary N) is 1. The van der Waals surface area contributed by atoms with Crippen LogP contribution in [0.25, 0.3) is 5.65 Å². The maximum absolute atomic E-state index is 12.6. The zero-order valence-corrected chi connectivity index (χ0v) is 14.0. The van der Waals surface area contributed by atoms with Gasteiger partial charge >= 0.3 is 0 Å². The van der Waals surface area contributed by atoms with Crippen LogP contribution in [-0.2, 0) is 10.0 Å². The van der Waals surface area contributed by atoms with Gasteiger partial charge in [0.25, 0.3) is 5.91 Å². The first kappa shape index (κ1) is 16.2. The number of aromatic nitrogens is 2. The molecule has 1 aromatic carbocycles. The van der Waals surface area contributed by atoms with Gasteiger partial charge in [-0.25, -0.2) is 18.5 Å². The summed E-state index contributed by atoms with van der Waals surface area (Å²) >= 11 is 0. The quantitative estimate of drug-likeness (QED) is 0.756. The fourth-order valence-electron chi connectivity index (χ4n) is 2.46. The van der Waals surface area contributed by atoms with Gasteiger partial charge < -0.3 is 5.32 Å². The van der Waals surface area contributed by atoms with Crippen molar-refractivity contribution in [1.82, 2.24) is 9.38 Å². The van der Waals surface area contributed by atoms with Crippen molar-refractivity contribution in [2.75, 3.05) is 5.32 Å². The van der Waals surface area contributed by atoms with Gasteiger partial charge in [-0.1, -0.05) is 0 Å². The van der Waals surface area contributed by atoms with E-state index >= 15 is 0 Å². The Bertz CT molecular complexity index is 1040. The molecule has 2 heterocycles. The second-order valence-electron chi connectivity index (χ2n) is 5.50. The molecule has 0 fully saturated rings. The van der Waals surface area contributed by atoms with Crippen molar-refractivity contribution in [2.45, 2.75) is 18.7 Å². The van der Waals surface area contributed by atoms with Crippen molar-refractivity contribution >= 4 is 27.3 Å². The molecule has 3 aromatic rings. The lowest BCUT2D eigenvalue weighted by Crippen LogP contribution is -2.16. The number of fused-ring (bicyclic) bond motifs is 1. The highest BCUT2D eigenvalue weighted by atomic mass is 32.2. The van der Waals surface area contributed by atoms with E-state index in [1.54, 1.807) is 17.5 Å². The average molecular weight is 344 g/mol. The van der Waals surface area contributed by atoms with E-state index in [2.05, 4.69) is 10.3 Å². The first-order chi connectivity index (χ1) is 11.3. The number of primary sulfonamides is 1. The standard InChI is InChI=1S/C16H16N4O3S/c1-10-7-8-20-14(9-10)18-11(2)15(20)16(21)19-12-3-5-13(6-4-12)24(17,22)23/h3-9H,1-2H3,(H,19,21)(H2,17,22,23). The highest BCUT2D eigenvalue weighted by Crippen LogP contribution is 2.17. The largest absolute Gasteiger partial charge is 0.321 e. The monoisotopic (exact) mass is 344 g/mol. The molecule has 24 heavy (non-hydrogen) atoms. The highest BCUT2D eigenvalue weighted by Gasteiger charge is 2.17. The maximum Gasteiger partial charge on any atom is 0.274 e. The molecular weight excluding hydrogens is 328 g/mol. The third-order valence-electron chi connectivity index (χ3n) is 3.61. The molecule has 2 aromatic heterocycles. The summed E-state index contributed by atoms with van der Waals surface area (Å²) in [6.45, 7) is 3.72. The van der Waals surface area contributed by atoms with Gasteiger partial charge in [0.15, 0.2) is 0 Å². The van der Waals surface area contributed by atoms with Crippen LogP contribution in [0.15, 0.2) is 47.5 Å². The normalized spacial score (nSPS) is 11.6. The lowest BCUT2D eigenvalue weighted by atomic mass is 10.2. The lowest BCUT2D eigenvalue weighted by molar-refractivity contribution is 0.102. The molecule has 0 atom stereocenters. The zero-order chi connectivity index (χ0) is 17.5. The van der Waals surface area contributed by atoms with E-state index in [4.69, 9.17) is 5.14 Å². The van der Waals surface area contributed by atoms with Gasteiger partial charge in [-0.2, -0.15) is 0 Å². The van der Waals surface area contributed by atoms with Crippen molar-refractivity contribution in [3.05, 3.63) is 59.5 Å². The Kier molecular flexibility index (Phi) is 3.86. The molecule has 0 aliphatic heterocycles. The number of anilines is 1. The third kappa shape index (κ3) is 3.01. The van der Waals surface area contributed by atoms with E-state index < -0.39 is 10.0 Å². The van der Waals surface area contributed by atoms with Crippen LogP contribution in [0.3, 0.4) is 0 Å². The van der Waals surface area contributed by atoms with Gasteiger partial charge in [0.2, 0.25) is 10.0 Å². The summed E-state index contributed by atoms with van der Waals surface area (Å²) < 4.78 is 24.2. The number of carbonyl (C=O) groups excluding carboxylic acids is 1. The number of nitrogens with zero attached hydrogens (tertiary/aromatic N) is 2. The Morgan fingerprint density at radius 3 is 2.46 bits per heavy atom. The number of sulfonamides is 1. The van der Waals surface area contributed by atoms with Gasteiger partial charge in [-0.15, -0.1) is 0 Å². The van der Waals surface area contributed by atoms with Gasteiger partial charge in [0.05, 0.1) is 10.6 Å². The maximum atomic E-state index is 12.6. The number of rotatable bonds is 3. The van der Waals surface area contributed by atoms with E-state index in [-0.39, 0.29) is 10.8 Å². The molecule has 124 valence electrons. The molecule has 0 unspecified atom stereocenters. The molecule has 7 nitrogen and oxygen atoms in total. The Labute approximate surface area is 139 Å². The van der Waals surface area contributed by atoms with Crippen molar-refractivity contribution < 1.29 is 13.2 Å². The molecule has 0 bridgehead atoms. The number of aryl methyl sites for hydroxylation is 2. The number of hydrogen-bond acceptors (Lipinski definition) is 4. The summed E-state index contributed by atoms with van der Waals surface area (Å²) in [7, 11) is -3.76. The Morgan fingerprint density at radius 1 is 1.17 bits per heavy atom. The molecule has 0 saturated heterocycles. The minimum Gasteiger partial charge on any atom is -0.321 e. The SMILES string of the molecule is Cc1ccn2c(C(=O)Nc3ccc(S(N)(=O)=O)cc3)c(C)nc2c1. The predicted octanol–water partition coefficient (Wildman–Crippen LogP) is 1.85. The van der Waals surface area contributed by atoms with E-state index in [9.17, 15) is 13.2 Å². The number of pyridine rings is 1. The average Bonchev–Trinajstić information content (AvgIpc) is 2.81. The van der Waals surface area contributed by atoms with Crippen LogP contribution in [0.1, 0.15) is 21.7 Å². The van der Waals surface area contributed by atoms with Crippen molar-refractivity contribution in [3.8, 4) is 0 Å². The predicted molar refractivity (Wildman–Crippen MR) is 90.4 cm³/mol. The van der Waals surface area contributed by atoms with Crippen molar-refractivity contribution in [1.29, 1.82) is 0 Å². The van der Waals surface area contributed by atoms with E-state index in [0.29, 0.717) is 22.7 Å². The highest BCUT2D eigenvalue weighted by molar-refractivity contribution is 7.89. The molecular formula is C16H16N4O3S. The number of carbonyl (C=O) groups is 1. The van der Waals surface area contributed by atoms with E-state index in [1.807, 2.05) is 19.1 Å². The fraction of sp³-hybridized carbons (Fsp3) is 0.125. The summed E-state index contributed by atoms with van der Waals surface area (Å²) in [4.78, 5) is 16.9. The molecule has 8 heteroatoms. The van der Waals surface area contributed by atoms with Crippen molar-refractivity contribution in [3.63, 3.8) is 0 Å². The van der Waals surface area contributed by atoms with Crippen LogP contribution in [0.5, 0.6) is 0 Å². The fourth-order valence-corrected chi connectivity index (χ4v) is 2.97. The van der Waals surface area contributed by atoms with Gasteiger partial charge in [-0.3, -0.25) is 9.20 Å². The summed E-state index contributed by atoms with van der Waals surface area (Å²) in [6.07, 6.45) is 1.80. The van der Waals surface area contributed by atoms with Crippen LogP contribution >= 0.6 is 0 Å². The Balaban J connectivity index is 1.92. The lowest BCUT2D eigenvalue weighted by Gasteiger charge is -2.07. The van der Waals surface area contributed by atoms with E-state index in [1.165, 1.54) is 24.3 Å². The molecule has 0 spiro atoms. The first-order valence-corrected chi connectivity index (χ1v) is 8.70. The summed E-state index contributed by atoms with van der Waals surface area (Å²) in [6, 6.07) is 9.45. The van der Waals surface area contributed by atoms with Gasteiger partial charge in [-0.05, 0) is 55.8 Å². The van der Waals surface area contributed by atoms with Gasteiger partial charge in [0, 0.05) is 11.9 Å². The summed E-state index contributed by atoms with van der Waals surface area (Å²) in [5, 5.41) is 7.79. The number of imidazole rings is 1. The number of hydrogen-bond donors (Lipinski definition) is 2. The van der Waals surface area contributed by atoms with Crippen molar-refractivity contribution in [2.24, 2.45) is 5.14 Å². The minimum atomic E-state index is -3.76. The molecule has 0 radical (unpaired) electrons. The van der Waals surface area contributed by atoms with Crippen LogP contribution in [0.4, 0.5) is 5.69 Å². The number of benzene rings is 1. The van der Waals surface area contributed by atoms with Crippen LogP contribution in [-0.4, -0.2) is 23.7 Å². The Hall–Kier alpha value is -2.71. The minimum absolute atomic E-state index is 0.0121. The Morgan fingerprint density at radius 2 is 1.83 bits per heavy atom. The molecule has 3 rings (SSSR count).